The molecule has 2 aromatic rings. The maximum Gasteiger partial charge on any atom is 0.221 e. The van der Waals surface area contributed by atoms with E-state index in [0.717, 1.165) is 23.3 Å². The van der Waals surface area contributed by atoms with E-state index in [-0.39, 0.29) is 24.4 Å². The number of amides is 1. The molecule has 0 saturated heterocycles. The molecule has 23 heavy (non-hydrogen) atoms. The molecule has 0 saturated carbocycles. The fraction of sp³-hybridized carbons (Fsp3) is 0.278. The van der Waals surface area contributed by atoms with Gasteiger partial charge < -0.3 is 15.8 Å². The van der Waals surface area contributed by atoms with Crippen molar-refractivity contribution in [1.82, 2.24) is 5.32 Å². The zero-order valence-corrected chi connectivity index (χ0v) is 14.0. The maximum atomic E-state index is 11.9. The number of carbonyl (C=O) groups is 1. The minimum atomic E-state index is -0.266. The van der Waals surface area contributed by atoms with E-state index in [2.05, 4.69) is 5.32 Å². The lowest BCUT2D eigenvalue weighted by atomic mass is 10.0. The molecule has 4 nitrogen and oxygen atoms in total. The third-order valence-corrected chi connectivity index (χ3v) is 3.50. The second-order valence-corrected chi connectivity index (χ2v) is 5.17. The summed E-state index contributed by atoms with van der Waals surface area (Å²) in [4.78, 5) is 11.9. The molecule has 0 radical (unpaired) electrons. The van der Waals surface area contributed by atoms with E-state index in [4.69, 9.17) is 10.5 Å². The first-order valence-corrected chi connectivity index (χ1v) is 7.39. The van der Waals surface area contributed by atoms with E-state index >= 15 is 0 Å². The van der Waals surface area contributed by atoms with Crippen molar-refractivity contribution in [2.24, 2.45) is 5.73 Å². The van der Waals surface area contributed by atoms with Gasteiger partial charge in [0.1, 0.15) is 5.75 Å². The Morgan fingerprint density at radius 2 is 1.91 bits per heavy atom. The van der Waals surface area contributed by atoms with Gasteiger partial charge in [0.15, 0.2) is 0 Å². The molecular formula is C18H23ClN2O2. The van der Waals surface area contributed by atoms with Gasteiger partial charge in [-0.1, -0.05) is 42.5 Å². The summed E-state index contributed by atoms with van der Waals surface area (Å²) in [6.45, 7) is 0.591. The highest BCUT2D eigenvalue weighted by Crippen LogP contribution is 2.14. The molecule has 0 aliphatic carbocycles. The summed E-state index contributed by atoms with van der Waals surface area (Å²) >= 11 is 0. The van der Waals surface area contributed by atoms with Crippen molar-refractivity contribution >= 4 is 18.3 Å². The lowest BCUT2D eigenvalue weighted by Gasteiger charge is -2.12. The van der Waals surface area contributed by atoms with Gasteiger partial charge >= 0.3 is 0 Å². The summed E-state index contributed by atoms with van der Waals surface area (Å²) in [5, 5.41) is 2.91. The van der Waals surface area contributed by atoms with Gasteiger partial charge in [-0.15, -0.1) is 12.4 Å². The van der Waals surface area contributed by atoms with Crippen molar-refractivity contribution in [1.29, 1.82) is 0 Å². The van der Waals surface area contributed by atoms with Crippen LogP contribution < -0.4 is 15.8 Å². The van der Waals surface area contributed by atoms with Crippen LogP contribution in [0, 0.1) is 0 Å². The van der Waals surface area contributed by atoms with Crippen LogP contribution >= 0.6 is 12.4 Å². The molecule has 0 heterocycles. The normalized spacial score (nSPS) is 11.2. The van der Waals surface area contributed by atoms with Crippen LogP contribution in [0.3, 0.4) is 0 Å². The van der Waals surface area contributed by atoms with Crippen molar-refractivity contribution in [3.8, 4) is 5.75 Å². The summed E-state index contributed by atoms with van der Waals surface area (Å²) in [5.74, 6) is 0.800. The molecule has 2 aromatic carbocycles. The zero-order chi connectivity index (χ0) is 15.8. The van der Waals surface area contributed by atoms with Crippen LogP contribution in [0.5, 0.6) is 5.75 Å². The first-order valence-electron chi connectivity index (χ1n) is 7.39. The maximum absolute atomic E-state index is 11.9. The summed E-state index contributed by atoms with van der Waals surface area (Å²) < 4.78 is 5.18. The second kappa shape index (κ2) is 9.87. The quantitative estimate of drug-likeness (QED) is 0.818. The van der Waals surface area contributed by atoms with Crippen molar-refractivity contribution < 1.29 is 9.53 Å². The molecule has 1 atom stereocenters. The Morgan fingerprint density at radius 3 is 2.61 bits per heavy atom. The number of rotatable bonds is 7. The lowest BCUT2D eigenvalue weighted by Crippen LogP contribution is -2.29. The van der Waals surface area contributed by atoms with Crippen LogP contribution in [-0.2, 0) is 11.2 Å². The minimum Gasteiger partial charge on any atom is -0.497 e. The molecule has 2 rings (SSSR count). The van der Waals surface area contributed by atoms with Gasteiger partial charge in [-0.3, -0.25) is 4.79 Å². The molecule has 3 N–H and O–H groups in total. The van der Waals surface area contributed by atoms with Gasteiger partial charge in [0.25, 0.3) is 0 Å². The van der Waals surface area contributed by atoms with Crippen molar-refractivity contribution in [2.45, 2.75) is 18.9 Å². The van der Waals surface area contributed by atoms with Crippen molar-refractivity contribution in [2.75, 3.05) is 13.7 Å². The third kappa shape index (κ3) is 6.30. The Balaban J connectivity index is 0.00000264. The highest BCUT2D eigenvalue weighted by Gasteiger charge is 2.10. The van der Waals surface area contributed by atoms with Crippen LogP contribution in [0.25, 0.3) is 0 Å². The van der Waals surface area contributed by atoms with E-state index in [9.17, 15) is 4.79 Å². The topological polar surface area (TPSA) is 64.3 Å². The molecule has 124 valence electrons. The van der Waals surface area contributed by atoms with E-state index in [1.807, 2.05) is 54.6 Å². The number of halogens is 1. The fourth-order valence-corrected chi connectivity index (χ4v) is 2.26. The Hall–Kier alpha value is -2.04. The third-order valence-electron chi connectivity index (χ3n) is 3.50. The molecule has 1 unspecified atom stereocenters. The number of nitrogens with two attached hydrogens (primary N) is 1. The number of hydrogen-bond donors (Lipinski definition) is 2. The summed E-state index contributed by atoms with van der Waals surface area (Å²) in [6.07, 6.45) is 1.06. The summed E-state index contributed by atoms with van der Waals surface area (Å²) in [7, 11) is 1.64. The van der Waals surface area contributed by atoms with Gasteiger partial charge in [0.05, 0.1) is 7.11 Å². The number of methoxy groups -OCH3 is 1. The van der Waals surface area contributed by atoms with Gasteiger partial charge in [-0.05, 0) is 29.7 Å². The minimum absolute atomic E-state index is 0. The van der Waals surface area contributed by atoms with Gasteiger partial charge in [-0.2, -0.15) is 0 Å². The molecule has 0 bridgehead atoms. The predicted molar refractivity (Wildman–Crippen MR) is 94.9 cm³/mol. The van der Waals surface area contributed by atoms with E-state index < -0.39 is 0 Å². The Bertz CT molecular complexity index is 605. The van der Waals surface area contributed by atoms with Crippen LogP contribution in [-0.4, -0.2) is 19.6 Å². The van der Waals surface area contributed by atoms with Gasteiger partial charge in [0.2, 0.25) is 5.91 Å². The zero-order valence-electron chi connectivity index (χ0n) is 13.2. The smallest absolute Gasteiger partial charge is 0.221 e. The number of hydrogen-bond acceptors (Lipinski definition) is 3. The number of nitrogens with one attached hydrogen (secondary N) is 1. The van der Waals surface area contributed by atoms with Crippen LogP contribution in [0.2, 0.25) is 0 Å². The van der Waals surface area contributed by atoms with Crippen molar-refractivity contribution in [3.05, 3.63) is 65.7 Å². The Labute approximate surface area is 143 Å². The Kier molecular flexibility index (Phi) is 8.16. The SMILES string of the molecule is COc1cccc(CCNC(=O)CC(N)c2ccccc2)c1.Cl. The molecule has 1 amide bonds. The molecule has 0 spiro atoms. The van der Waals surface area contributed by atoms with Crippen LogP contribution in [0.1, 0.15) is 23.6 Å². The largest absolute Gasteiger partial charge is 0.497 e. The van der Waals surface area contributed by atoms with Gasteiger partial charge in [-0.25, -0.2) is 0 Å². The molecule has 5 heteroatoms. The highest BCUT2D eigenvalue weighted by atomic mass is 35.5. The highest BCUT2D eigenvalue weighted by molar-refractivity contribution is 5.85. The molecule has 0 aromatic heterocycles. The number of carbonyl (C=O) groups excluding carboxylic acids is 1. The first kappa shape index (κ1) is 19.0. The van der Waals surface area contributed by atoms with Gasteiger partial charge in [0, 0.05) is 19.0 Å². The standard InChI is InChI=1S/C18H22N2O2.ClH/c1-22-16-9-5-6-14(12-16)10-11-20-18(21)13-17(19)15-7-3-2-4-8-15;/h2-9,12,17H,10-11,13,19H2,1H3,(H,20,21);1H. The van der Waals surface area contributed by atoms with E-state index in [1.165, 1.54) is 0 Å². The van der Waals surface area contributed by atoms with Crippen LogP contribution in [0.4, 0.5) is 0 Å². The average molecular weight is 335 g/mol. The lowest BCUT2D eigenvalue weighted by molar-refractivity contribution is -0.121. The second-order valence-electron chi connectivity index (χ2n) is 5.17. The predicted octanol–water partition coefficient (Wildman–Crippen LogP) is 2.87. The fourth-order valence-electron chi connectivity index (χ4n) is 2.26. The summed E-state index contributed by atoms with van der Waals surface area (Å²) in [5.41, 5.74) is 8.15. The monoisotopic (exact) mass is 334 g/mol. The average Bonchev–Trinajstić information content (AvgIpc) is 2.56. The number of benzene rings is 2. The number of ether oxygens (including phenoxy) is 1. The molecular weight excluding hydrogens is 312 g/mol. The van der Waals surface area contributed by atoms with E-state index in [1.54, 1.807) is 7.11 Å². The Morgan fingerprint density at radius 1 is 1.17 bits per heavy atom. The molecule has 0 fully saturated rings. The molecule has 0 aliphatic heterocycles. The van der Waals surface area contributed by atoms with Crippen molar-refractivity contribution in [3.63, 3.8) is 0 Å². The molecule has 0 aliphatic rings. The summed E-state index contributed by atoms with van der Waals surface area (Å²) in [6, 6.07) is 17.2. The van der Waals surface area contributed by atoms with Crippen LogP contribution in [0.15, 0.2) is 54.6 Å². The first-order chi connectivity index (χ1) is 10.7. The van der Waals surface area contributed by atoms with E-state index in [0.29, 0.717) is 13.0 Å².